The summed E-state index contributed by atoms with van der Waals surface area (Å²) in [5.41, 5.74) is 2.00. The van der Waals surface area contributed by atoms with Crippen molar-refractivity contribution in [1.29, 1.82) is 5.26 Å². The van der Waals surface area contributed by atoms with Gasteiger partial charge in [-0.1, -0.05) is 38.8 Å². The molecule has 2 heteroatoms. The highest BCUT2D eigenvalue weighted by molar-refractivity contribution is 5.32. The monoisotopic (exact) mass is 256 g/mol. The minimum absolute atomic E-state index is 0.352. The second-order valence-corrected chi connectivity index (χ2v) is 6.00. The molecule has 0 spiro atoms. The van der Waals surface area contributed by atoms with Crippen LogP contribution in [-0.4, -0.2) is 6.04 Å². The third-order valence-corrected chi connectivity index (χ3v) is 4.71. The van der Waals surface area contributed by atoms with Crippen LogP contribution in [0, 0.1) is 23.2 Å². The summed E-state index contributed by atoms with van der Waals surface area (Å²) in [4.78, 5) is 0. The van der Waals surface area contributed by atoms with Crippen molar-refractivity contribution < 1.29 is 0 Å². The normalized spacial score (nSPS) is 28.6. The average molecular weight is 256 g/mol. The molecular formula is C17H24N2. The van der Waals surface area contributed by atoms with Gasteiger partial charge in [-0.25, -0.2) is 0 Å². The smallest absolute Gasteiger partial charge is 0.0991 e. The molecule has 1 saturated carbocycles. The largest absolute Gasteiger partial charge is 0.307 e. The quantitative estimate of drug-likeness (QED) is 0.886. The Balaban J connectivity index is 1.99. The predicted molar refractivity (Wildman–Crippen MR) is 78.7 cm³/mol. The maximum atomic E-state index is 8.83. The fourth-order valence-electron chi connectivity index (χ4n) is 3.08. The van der Waals surface area contributed by atoms with E-state index in [2.05, 4.69) is 44.3 Å². The molecule has 1 aromatic carbocycles. The molecule has 2 nitrogen and oxygen atoms in total. The van der Waals surface area contributed by atoms with E-state index in [1.165, 1.54) is 24.8 Å². The van der Waals surface area contributed by atoms with Crippen LogP contribution >= 0.6 is 0 Å². The van der Waals surface area contributed by atoms with Crippen molar-refractivity contribution in [2.45, 2.75) is 52.1 Å². The number of nitrogens with one attached hydrogen (secondary N) is 1. The van der Waals surface area contributed by atoms with Gasteiger partial charge in [0.2, 0.25) is 0 Å². The number of hydrogen-bond donors (Lipinski definition) is 1. The molecule has 2 rings (SSSR count). The van der Waals surface area contributed by atoms with Crippen molar-refractivity contribution in [3.63, 3.8) is 0 Å². The molecule has 0 bridgehead atoms. The highest BCUT2D eigenvalue weighted by Gasteiger charge is 2.27. The van der Waals surface area contributed by atoms with Gasteiger partial charge in [0, 0.05) is 12.1 Å². The molecule has 0 amide bonds. The lowest BCUT2D eigenvalue weighted by Gasteiger charge is -2.36. The lowest BCUT2D eigenvalue weighted by Crippen LogP contribution is -2.41. The van der Waals surface area contributed by atoms with E-state index >= 15 is 0 Å². The van der Waals surface area contributed by atoms with Gasteiger partial charge in [-0.15, -0.1) is 0 Å². The first-order valence-electron chi connectivity index (χ1n) is 7.38. The maximum Gasteiger partial charge on any atom is 0.0991 e. The molecule has 4 atom stereocenters. The predicted octanol–water partition coefficient (Wildman–Crippen LogP) is 4.03. The van der Waals surface area contributed by atoms with Crippen molar-refractivity contribution in [2.75, 3.05) is 0 Å². The van der Waals surface area contributed by atoms with Crippen LogP contribution < -0.4 is 5.32 Å². The summed E-state index contributed by atoms with van der Waals surface area (Å²) in [6.45, 7) is 6.95. The highest BCUT2D eigenvalue weighted by atomic mass is 15.0. The second kappa shape index (κ2) is 6.21. The summed E-state index contributed by atoms with van der Waals surface area (Å²) in [5, 5.41) is 12.6. The van der Waals surface area contributed by atoms with Crippen molar-refractivity contribution in [3.05, 3.63) is 35.4 Å². The van der Waals surface area contributed by atoms with Crippen LogP contribution in [-0.2, 0) is 0 Å². The van der Waals surface area contributed by atoms with Crippen LogP contribution in [0.5, 0.6) is 0 Å². The molecule has 102 valence electrons. The van der Waals surface area contributed by atoms with E-state index in [1.807, 2.05) is 12.1 Å². The molecule has 0 aromatic heterocycles. The fraction of sp³-hybridized carbons (Fsp3) is 0.588. The number of nitrogens with zero attached hydrogens (tertiary/aromatic N) is 1. The summed E-state index contributed by atoms with van der Waals surface area (Å²) in [6.07, 6.45) is 3.99. The van der Waals surface area contributed by atoms with Gasteiger partial charge in [-0.3, -0.25) is 0 Å². The maximum absolute atomic E-state index is 8.83. The van der Waals surface area contributed by atoms with Crippen molar-refractivity contribution in [2.24, 2.45) is 11.8 Å². The van der Waals surface area contributed by atoms with E-state index in [-0.39, 0.29) is 0 Å². The van der Waals surface area contributed by atoms with E-state index in [4.69, 9.17) is 5.26 Å². The third-order valence-electron chi connectivity index (χ3n) is 4.71. The first-order valence-corrected chi connectivity index (χ1v) is 7.38. The minimum Gasteiger partial charge on any atom is -0.307 e. The van der Waals surface area contributed by atoms with Gasteiger partial charge in [-0.05, 0) is 42.9 Å². The molecule has 0 aliphatic heterocycles. The Morgan fingerprint density at radius 1 is 1.21 bits per heavy atom. The topological polar surface area (TPSA) is 35.8 Å². The van der Waals surface area contributed by atoms with E-state index in [0.29, 0.717) is 12.1 Å². The first-order chi connectivity index (χ1) is 9.11. The lowest BCUT2D eigenvalue weighted by molar-refractivity contribution is 0.196. The van der Waals surface area contributed by atoms with Gasteiger partial charge >= 0.3 is 0 Å². The van der Waals surface area contributed by atoms with Gasteiger partial charge < -0.3 is 5.32 Å². The molecule has 0 radical (unpaired) electrons. The second-order valence-electron chi connectivity index (χ2n) is 6.00. The van der Waals surface area contributed by atoms with Crippen LogP contribution in [0.1, 0.15) is 57.2 Å². The molecule has 0 unspecified atom stereocenters. The van der Waals surface area contributed by atoms with Crippen LogP contribution in [0.3, 0.4) is 0 Å². The Morgan fingerprint density at radius 3 is 2.53 bits per heavy atom. The van der Waals surface area contributed by atoms with E-state index in [0.717, 1.165) is 17.4 Å². The lowest BCUT2D eigenvalue weighted by atomic mass is 9.77. The molecular weight excluding hydrogens is 232 g/mol. The van der Waals surface area contributed by atoms with Crippen LogP contribution in [0.15, 0.2) is 24.3 Å². The standard InChI is InChI=1S/C17H24N2/c1-12-5-4-6-17(13(12)2)19-14(3)16-9-7-15(11-18)8-10-16/h7-10,12-14,17,19H,4-6H2,1-3H3/t12-,13-,14-,17+/m0/s1. The SMILES string of the molecule is C[C@H]1[C@@H](C)CCC[C@H]1N[C@@H](C)c1ccc(C#N)cc1. The Hall–Kier alpha value is -1.33. The molecule has 1 aliphatic rings. The average Bonchev–Trinajstić information content (AvgIpc) is 2.44. The zero-order valence-electron chi connectivity index (χ0n) is 12.2. The number of hydrogen-bond acceptors (Lipinski definition) is 2. The van der Waals surface area contributed by atoms with E-state index in [9.17, 15) is 0 Å². The summed E-state index contributed by atoms with van der Waals surface area (Å²) < 4.78 is 0. The van der Waals surface area contributed by atoms with E-state index in [1.54, 1.807) is 0 Å². The Labute approximate surface area is 116 Å². The van der Waals surface area contributed by atoms with Crippen molar-refractivity contribution in [1.82, 2.24) is 5.32 Å². The van der Waals surface area contributed by atoms with Crippen LogP contribution in [0.4, 0.5) is 0 Å². The number of nitriles is 1. The molecule has 19 heavy (non-hydrogen) atoms. The van der Waals surface area contributed by atoms with Crippen LogP contribution in [0.2, 0.25) is 0 Å². The van der Waals surface area contributed by atoms with E-state index < -0.39 is 0 Å². The van der Waals surface area contributed by atoms with Gasteiger partial charge in [0.1, 0.15) is 0 Å². The van der Waals surface area contributed by atoms with Crippen LogP contribution in [0.25, 0.3) is 0 Å². The summed E-state index contributed by atoms with van der Waals surface area (Å²) in [5.74, 6) is 1.56. The molecule has 1 N–H and O–H groups in total. The Morgan fingerprint density at radius 2 is 1.89 bits per heavy atom. The molecule has 0 saturated heterocycles. The van der Waals surface area contributed by atoms with Crippen molar-refractivity contribution in [3.8, 4) is 6.07 Å². The minimum atomic E-state index is 0.352. The molecule has 1 fully saturated rings. The first kappa shape index (κ1) is 14.1. The van der Waals surface area contributed by atoms with Gasteiger partial charge in [0.25, 0.3) is 0 Å². The number of benzene rings is 1. The fourth-order valence-corrected chi connectivity index (χ4v) is 3.08. The zero-order chi connectivity index (χ0) is 13.8. The summed E-state index contributed by atoms with van der Waals surface area (Å²) in [7, 11) is 0. The zero-order valence-corrected chi connectivity index (χ0v) is 12.2. The molecule has 1 aromatic rings. The molecule has 0 heterocycles. The highest BCUT2D eigenvalue weighted by Crippen LogP contribution is 2.31. The van der Waals surface area contributed by atoms with Gasteiger partial charge in [0.05, 0.1) is 11.6 Å². The van der Waals surface area contributed by atoms with Gasteiger partial charge in [-0.2, -0.15) is 5.26 Å². The number of rotatable bonds is 3. The Bertz CT molecular complexity index is 443. The summed E-state index contributed by atoms with van der Waals surface area (Å²) in [6, 6.07) is 11.1. The van der Waals surface area contributed by atoms with Crippen molar-refractivity contribution >= 4 is 0 Å². The summed E-state index contributed by atoms with van der Waals surface area (Å²) >= 11 is 0. The Kier molecular flexibility index (Phi) is 4.61. The molecule has 1 aliphatic carbocycles. The third kappa shape index (κ3) is 3.36. The van der Waals surface area contributed by atoms with Gasteiger partial charge in [0.15, 0.2) is 0 Å².